The molecule has 0 saturated carbocycles. The van der Waals surface area contributed by atoms with Gasteiger partial charge in [0.2, 0.25) is 5.91 Å². The largest absolute Gasteiger partial charge is 0.495 e. The summed E-state index contributed by atoms with van der Waals surface area (Å²) in [6.07, 6.45) is 4.20. The number of rotatable bonds is 7. The second-order valence-electron chi connectivity index (χ2n) is 6.67. The Hall–Kier alpha value is -2.40. The van der Waals surface area contributed by atoms with E-state index in [1.165, 1.54) is 24.9 Å². The molecule has 0 radical (unpaired) electrons. The Labute approximate surface area is 165 Å². The van der Waals surface area contributed by atoms with E-state index in [2.05, 4.69) is 27.7 Å². The van der Waals surface area contributed by atoms with Gasteiger partial charge in [-0.2, -0.15) is 0 Å². The number of amides is 1. The Kier molecular flexibility index (Phi) is 6.82. The van der Waals surface area contributed by atoms with Gasteiger partial charge in [0.15, 0.2) is 0 Å². The van der Waals surface area contributed by atoms with E-state index in [1.807, 2.05) is 18.2 Å². The summed E-state index contributed by atoms with van der Waals surface area (Å²) in [6.45, 7) is 2.76. The van der Waals surface area contributed by atoms with E-state index in [0.29, 0.717) is 23.7 Å². The first-order valence-corrected chi connectivity index (χ1v) is 9.76. The van der Waals surface area contributed by atoms with Crippen LogP contribution in [-0.4, -0.2) is 32.7 Å². The van der Waals surface area contributed by atoms with Crippen LogP contribution in [0, 0.1) is 0 Å². The minimum atomic E-state index is -0.0205. The van der Waals surface area contributed by atoms with Gasteiger partial charge in [-0.05, 0) is 61.7 Å². The molecule has 1 saturated heterocycles. The fraction of sp³-hybridized carbons (Fsp3) is 0.381. The van der Waals surface area contributed by atoms with Crippen LogP contribution in [0.15, 0.2) is 42.5 Å². The van der Waals surface area contributed by atoms with Crippen LogP contribution >= 0.6 is 11.6 Å². The summed E-state index contributed by atoms with van der Waals surface area (Å²) in [7, 11) is 1.58. The first-order chi connectivity index (χ1) is 13.2. The van der Waals surface area contributed by atoms with Gasteiger partial charge in [-0.3, -0.25) is 4.79 Å². The normalized spacial score (nSPS) is 13.9. The molecule has 0 atom stereocenters. The minimum absolute atomic E-state index is 0.0205. The number of carbonyl (C=O) groups is 1. The third-order valence-electron chi connectivity index (χ3n) is 4.71. The van der Waals surface area contributed by atoms with Crippen molar-refractivity contribution in [3.63, 3.8) is 0 Å². The molecule has 0 spiro atoms. The molecule has 2 N–H and O–H groups in total. The molecule has 6 heteroatoms. The van der Waals surface area contributed by atoms with Gasteiger partial charge in [0, 0.05) is 43.1 Å². The molecule has 0 aliphatic carbocycles. The van der Waals surface area contributed by atoms with Crippen LogP contribution in [0.25, 0.3) is 0 Å². The number of hydrogen-bond acceptors (Lipinski definition) is 4. The zero-order valence-corrected chi connectivity index (χ0v) is 16.4. The number of nitrogens with one attached hydrogen (secondary N) is 2. The highest BCUT2D eigenvalue weighted by atomic mass is 35.5. The summed E-state index contributed by atoms with van der Waals surface area (Å²) in [6, 6.07) is 13.6. The number of benzene rings is 2. The molecule has 0 unspecified atom stereocenters. The van der Waals surface area contributed by atoms with E-state index in [4.69, 9.17) is 16.3 Å². The molecular weight excluding hydrogens is 362 g/mol. The summed E-state index contributed by atoms with van der Waals surface area (Å²) in [5.41, 5.74) is 2.92. The average Bonchev–Trinajstić information content (AvgIpc) is 2.69. The molecule has 27 heavy (non-hydrogen) atoms. The topological polar surface area (TPSA) is 53.6 Å². The van der Waals surface area contributed by atoms with E-state index >= 15 is 0 Å². The number of anilines is 3. The Balaban J connectivity index is 1.44. The molecule has 1 amide bonds. The standard InChI is InChI=1S/C21H26ClN3O2/c1-27-20-10-7-17(15-19(20)22)23-12-11-21(26)24-16-5-8-18(9-6-16)25-13-3-2-4-14-25/h5-10,15,23H,2-4,11-14H2,1H3,(H,24,26). The van der Waals surface area contributed by atoms with Crippen molar-refractivity contribution in [2.24, 2.45) is 0 Å². The first-order valence-electron chi connectivity index (χ1n) is 9.38. The summed E-state index contributed by atoms with van der Waals surface area (Å²) in [5.74, 6) is 0.612. The van der Waals surface area contributed by atoms with Crippen LogP contribution in [0.4, 0.5) is 17.1 Å². The number of halogens is 1. The molecule has 2 aromatic carbocycles. The molecule has 5 nitrogen and oxygen atoms in total. The van der Waals surface area contributed by atoms with E-state index in [1.54, 1.807) is 19.2 Å². The van der Waals surface area contributed by atoms with Crippen molar-refractivity contribution in [1.29, 1.82) is 0 Å². The zero-order chi connectivity index (χ0) is 19.1. The maximum atomic E-state index is 12.1. The molecule has 144 valence electrons. The first kappa shape index (κ1) is 19.4. The number of ether oxygens (including phenoxy) is 1. The molecular formula is C21H26ClN3O2. The minimum Gasteiger partial charge on any atom is -0.495 e. The van der Waals surface area contributed by atoms with E-state index in [-0.39, 0.29) is 5.91 Å². The lowest BCUT2D eigenvalue weighted by atomic mass is 10.1. The molecule has 1 heterocycles. The Morgan fingerprint density at radius 2 is 1.78 bits per heavy atom. The number of nitrogens with zero attached hydrogens (tertiary/aromatic N) is 1. The highest BCUT2D eigenvalue weighted by Crippen LogP contribution is 2.27. The Bertz CT molecular complexity index is 759. The zero-order valence-electron chi connectivity index (χ0n) is 15.6. The molecule has 1 aliphatic heterocycles. The lowest BCUT2D eigenvalue weighted by Crippen LogP contribution is -2.29. The molecule has 3 rings (SSSR count). The van der Waals surface area contributed by atoms with Crippen LogP contribution in [0.2, 0.25) is 5.02 Å². The highest BCUT2D eigenvalue weighted by Gasteiger charge is 2.11. The van der Waals surface area contributed by atoms with Gasteiger partial charge in [-0.1, -0.05) is 11.6 Å². The molecule has 0 aromatic heterocycles. The highest BCUT2D eigenvalue weighted by molar-refractivity contribution is 6.32. The van der Waals surface area contributed by atoms with Gasteiger partial charge in [0.25, 0.3) is 0 Å². The number of methoxy groups -OCH3 is 1. The second kappa shape index (κ2) is 9.51. The summed E-state index contributed by atoms with van der Waals surface area (Å²) >= 11 is 6.10. The van der Waals surface area contributed by atoms with Crippen molar-refractivity contribution in [2.75, 3.05) is 42.3 Å². The van der Waals surface area contributed by atoms with Gasteiger partial charge < -0.3 is 20.3 Å². The van der Waals surface area contributed by atoms with Gasteiger partial charge in [-0.15, -0.1) is 0 Å². The van der Waals surface area contributed by atoms with Crippen molar-refractivity contribution in [1.82, 2.24) is 0 Å². The molecule has 2 aromatic rings. The van der Waals surface area contributed by atoms with Crippen molar-refractivity contribution < 1.29 is 9.53 Å². The lowest BCUT2D eigenvalue weighted by molar-refractivity contribution is -0.115. The summed E-state index contributed by atoms with van der Waals surface area (Å²) < 4.78 is 5.13. The predicted octanol–water partition coefficient (Wildman–Crippen LogP) is 4.78. The monoisotopic (exact) mass is 387 g/mol. The van der Waals surface area contributed by atoms with E-state index in [9.17, 15) is 4.79 Å². The fourth-order valence-corrected chi connectivity index (χ4v) is 3.49. The Morgan fingerprint density at radius 1 is 1.07 bits per heavy atom. The van der Waals surface area contributed by atoms with E-state index in [0.717, 1.165) is 24.5 Å². The molecule has 1 fully saturated rings. The Morgan fingerprint density at radius 3 is 2.44 bits per heavy atom. The third kappa shape index (κ3) is 5.54. The number of piperidine rings is 1. The van der Waals surface area contributed by atoms with Gasteiger partial charge in [-0.25, -0.2) is 0 Å². The quantitative estimate of drug-likeness (QED) is 0.717. The van der Waals surface area contributed by atoms with Gasteiger partial charge in [0.1, 0.15) is 5.75 Å². The van der Waals surface area contributed by atoms with Crippen molar-refractivity contribution in [3.05, 3.63) is 47.5 Å². The molecule has 0 bridgehead atoms. The van der Waals surface area contributed by atoms with Crippen LogP contribution in [-0.2, 0) is 4.79 Å². The summed E-state index contributed by atoms with van der Waals surface area (Å²) in [4.78, 5) is 14.6. The summed E-state index contributed by atoms with van der Waals surface area (Å²) in [5, 5.41) is 6.68. The van der Waals surface area contributed by atoms with Crippen molar-refractivity contribution in [2.45, 2.75) is 25.7 Å². The van der Waals surface area contributed by atoms with Crippen LogP contribution in [0.1, 0.15) is 25.7 Å². The smallest absolute Gasteiger partial charge is 0.226 e. The van der Waals surface area contributed by atoms with Crippen LogP contribution in [0.5, 0.6) is 5.75 Å². The maximum Gasteiger partial charge on any atom is 0.226 e. The SMILES string of the molecule is COc1ccc(NCCC(=O)Nc2ccc(N3CCCCC3)cc2)cc1Cl. The number of carbonyl (C=O) groups excluding carboxylic acids is 1. The van der Waals surface area contributed by atoms with Gasteiger partial charge >= 0.3 is 0 Å². The lowest BCUT2D eigenvalue weighted by Gasteiger charge is -2.28. The second-order valence-corrected chi connectivity index (χ2v) is 7.08. The van der Waals surface area contributed by atoms with Gasteiger partial charge in [0.05, 0.1) is 12.1 Å². The predicted molar refractivity (Wildman–Crippen MR) is 112 cm³/mol. The van der Waals surface area contributed by atoms with Crippen molar-refractivity contribution in [3.8, 4) is 5.75 Å². The van der Waals surface area contributed by atoms with E-state index < -0.39 is 0 Å². The van der Waals surface area contributed by atoms with Crippen LogP contribution in [0.3, 0.4) is 0 Å². The molecule has 1 aliphatic rings. The van der Waals surface area contributed by atoms with Crippen molar-refractivity contribution >= 4 is 34.6 Å². The van der Waals surface area contributed by atoms with Crippen LogP contribution < -0.4 is 20.3 Å². The maximum absolute atomic E-state index is 12.1. The number of hydrogen-bond donors (Lipinski definition) is 2. The average molecular weight is 388 g/mol. The fourth-order valence-electron chi connectivity index (χ4n) is 3.23. The third-order valence-corrected chi connectivity index (χ3v) is 5.00.